The van der Waals surface area contributed by atoms with E-state index in [4.69, 9.17) is 4.74 Å². The number of ether oxygens (including phenoxy) is 1. The third-order valence-corrected chi connectivity index (χ3v) is 8.13. The predicted molar refractivity (Wildman–Crippen MR) is 118 cm³/mol. The Morgan fingerprint density at radius 1 is 1.18 bits per heavy atom. The number of hydrogen-bond donors (Lipinski definition) is 1. The number of halogens is 4. The van der Waals surface area contributed by atoms with Crippen molar-refractivity contribution in [3.05, 3.63) is 64.7 Å². The highest BCUT2D eigenvalue weighted by Crippen LogP contribution is 2.44. The summed E-state index contributed by atoms with van der Waals surface area (Å²) in [5.74, 6) is -0.804. The molecule has 0 fully saturated rings. The molecule has 176 valence electrons. The van der Waals surface area contributed by atoms with Crippen LogP contribution >= 0.6 is 15.9 Å². The zero-order chi connectivity index (χ0) is 24.0. The molecule has 0 spiro atoms. The van der Waals surface area contributed by atoms with Gasteiger partial charge in [0.05, 0.1) is 28.1 Å². The van der Waals surface area contributed by atoms with Crippen molar-refractivity contribution < 1.29 is 36.2 Å². The summed E-state index contributed by atoms with van der Waals surface area (Å²) in [6.07, 6.45) is -1.37. The molecule has 0 saturated heterocycles. The van der Waals surface area contributed by atoms with E-state index >= 15 is 0 Å². The predicted octanol–water partition coefficient (Wildman–Crippen LogP) is 5.24. The second kappa shape index (κ2) is 8.35. The summed E-state index contributed by atoms with van der Waals surface area (Å²) in [5, 5.41) is 9.80. The van der Waals surface area contributed by atoms with E-state index < -0.39 is 44.1 Å². The van der Waals surface area contributed by atoms with Gasteiger partial charge >= 0.3 is 12.1 Å². The Morgan fingerprint density at radius 3 is 2.52 bits per heavy atom. The largest absolute Gasteiger partial charge is 0.486 e. The van der Waals surface area contributed by atoms with Crippen LogP contribution in [0.15, 0.2) is 64.0 Å². The average Bonchev–Trinajstić information content (AvgIpc) is 3.23. The van der Waals surface area contributed by atoms with Crippen LogP contribution in [0.2, 0.25) is 0 Å². The van der Waals surface area contributed by atoms with Gasteiger partial charge in [-0.15, -0.1) is 0 Å². The molecule has 1 aliphatic carbocycles. The fourth-order valence-electron chi connectivity index (χ4n) is 4.14. The molecule has 0 saturated carbocycles. The second-order valence-electron chi connectivity index (χ2n) is 8.08. The molecule has 6 nitrogen and oxygen atoms in total. The topological polar surface area (TPSA) is 83.9 Å². The molecular weight excluding hydrogens is 527 g/mol. The average molecular weight is 546 g/mol. The first-order valence-electron chi connectivity index (χ1n) is 9.97. The van der Waals surface area contributed by atoms with E-state index in [1.54, 1.807) is 24.3 Å². The van der Waals surface area contributed by atoms with Crippen LogP contribution in [0.1, 0.15) is 24.8 Å². The van der Waals surface area contributed by atoms with Crippen molar-refractivity contribution in [3.8, 4) is 5.75 Å². The standard InChI is InChI=1S/C22H19BrF3NO5S/c23-15-6-7-19-18(11-15)27(13-16(32-19)12-21(20(28)29)8-1-2-9-21)33(30,31)17-5-3-4-14(10-17)22(24,25)26/h1-7,10-11,16H,8-9,12-13H2,(H,28,29)/t16-/m0/s1. The van der Waals surface area contributed by atoms with Gasteiger partial charge < -0.3 is 9.84 Å². The van der Waals surface area contributed by atoms with Gasteiger partial charge in [0, 0.05) is 10.9 Å². The molecule has 1 aliphatic heterocycles. The van der Waals surface area contributed by atoms with E-state index in [0.29, 0.717) is 10.5 Å². The van der Waals surface area contributed by atoms with E-state index in [0.717, 1.165) is 22.5 Å². The van der Waals surface area contributed by atoms with Crippen molar-refractivity contribution >= 4 is 37.6 Å². The first-order valence-corrected chi connectivity index (χ1v) is 12.2. The van der Waals surface area contributed by atoms with E-state index in [1.165, 1.54) is 6.07 Å². The van der Waals surface area contributed by atoms with Crippen molar-refractivity contribution in [1.82, 2.24) is 0 Å². The maximum atomic E-state index is 13.5. The molecule has 2 aromatic carbocycles. The number of fused-ring (bicyclic) bond motifs is 1. The molecule has 11 heteroatoms. The van der Waals surface area contributed by atoms with E-state index in [2.05, 4.69) is 15.9 Å². The first kappa shape index (κ1) is 23.6. The van der Waals surface area contributed by atoms with Gasteiger partial charge in [0.2, 0.25) is 0 Å². The first-order chi connectivity index (χ1) is 15.4. The summed E-state index contributed by atoms with van der Waals surface area (Å²) in [7, 11) is -4.41. The van der Waals surface area contributed by atoms with E-state index in [1.807, 2.05) is 0 Å². The van der Waals surface area contributed by atoms with Gasteiger partial charge in [-0.3, -0.25) is 9.10 Å². The fourth-order valence-corrected chi connectivity index (χ4v) is 6.04. The monoisotopic (exact) mass is 545 g/mol. The Balaban J connectivity index is 1.75. The number of rotatable bonds is 5. The maximum absolute atomic E-state index is 13.5. The minimum atomic E-state index is -4.71. The van der Waals surface area contributed by atoms with Gasteiger partial charge in [-0.2, -0.15) is 13.2 Å². The minimum Gasteiger partial charge on any atom is -0.486 e. The van der Waals surface area contributed by atoms with Crippen LogP contribution in [0.3, 0.4) is 0 Å². The summed E-state index contributed by atoms with van der Waals surface area (Å²) >= 11 is 3.28. The summed E-state index contributed by atoms with van der Waals surface area (Å²) < 4.78 is 74.1. The highest BCUT2D eigenvalue weighted by molar-refractivity contribution is 9.10. The normalized spacial score (nSPS) is 19.8. The Bertz CT molecular complexity index is 1220. The van der Waals surface area contributed by atoms with Gasteiger partial charge in [-0.25, -0.2) is 8.42 Å². The smallest absolute Gasteiger partial charge is 0.416 e. The third kappa shape index (κ3) is 4.48. The van der Waals surface area contributed by atoms with Crippen molar-refractivity contribution in [2.24, 2.45) is 5.41 Å². The number of alkyl halides is 3. The zero-order valence-corrected chi connectivity index (χ0v) is 19.5. The summed E-state index contributed by atoms with van der Waals surface area (Å²) in [6.45, 7) is -0.239. The second-order valence-corrected chi connectivity index (χ2v) is 10.9. The highest BCUT2D eigenvalue weighted by atomic mass is 79.9. The van der Waals surface area contributed by atoms with Crippen LogP contribution in [0, 0.1) is 5.41 Å². The number of carboxylic acid groups (broad SMARTS) is 1. The Kier molecular flexibility index (Phi) is 5.98. The SMILES string of the molecule is O=C(O)C1(C[C@H]2CN(S(=O)(=O)c3cccc(C(F)(F)F)c3)c3cc(Br)ccc3O2)CC=CC1. The van der Waals surface area contributed by atoms with Gasteiger partial charge in [-0.1, -0.05) is 34.1 Å². The Hall–Kier alpha value is -2.53. The Morgan fingerprint density at radius 2 is 1.88 bits per heavy atom. The molecule has 0 amide bonds. The fraction of sp³-hybridized carbons (Fsp3) is 0.318. The Labute approximate surface area is 196 Å². The lowest BCUT2D eigenvalue weighted by Gasteiger charge is -2.38. The van der Waals surface area contributed by atoms with Crippen molar-refractivity contribution in [2.75, 3.05) is 10.8 Å². The van der Waals surface area contributed by atoms with Gasteiger partial charge in [0.15, 0.2) is 0 Å². The molecule has 33 heavy (non-hydrogen) atoms. The highest BCUT2D eigenvalue weighted by Gasteiger charge is 2.45. The number of hydrogen-bond acceptors (Lipinski definition) is 4. The number of nitrogens with zero attached hydrogens (tertiary/aromatic N) is 1. The third-order valence-electron chi connectivity index (χ3n) is 5.86. The summed E-state index contributed by atoms with van der Waals surface area (Å²) in [5.41, 5.74) is -2.04. The molecule has 0 unspecified atom stereocenters. The molecule has 1 atom stereocenters. The van der Waals surface area contributed by atoms with Crippen LogP contribution in [0.25, 0.3) is 0 Å². The quantitative estimate of drug-likeness (QED) is 0.519. The molecule has 0 aromatic heterocycles. The van der Waals surface area contributed by atoms with Gasteiger partial charge in [0.1, 0.15) is 11.9 Å². The van der Waals surface area contributed by atoms with E-state index in [9.17, 15) is 31.5 Å². The molecule has 0 bridgehead atoms. The van der Waals surface area contributed by atoms with Crippen LogP contribution < -0.4 is 9.04 Å². The van der Waals surface area contributed by atoms with Crippen LogP contribution in [-0.4, -0.2) is 32.1 Å². The number of anilines is 1. The summed E-state index contributed by atoms with van der Waals surface area (Å²) in [4.78, 5) is 11.5. The van der Waals surface area contributed by atoms with Gasteiger partial charge in [-0.05, 0) is 49.2 Å². The lowest BCUT2D eigenvalue weighted by molar-refractivity contribution is -0.150. The zero-order valence-electron chi connectivity index (χ0n) is 17.0. The molecule has 2 aliphatic rings. The lowest BCUT2D eigenvalue weighted by Crippen LogP contribution is -2.46. The number of carbonyl (C=O) groups is 1. The molecule has 0 radical (unpaired) electrons. The molecule has 1 heterocycles. The lowest BCUT2D eigenvalue weighted by atomic mass is 9.79. The number of benzene rings is 2. The number of aliphatic carboxylic acids is 1. The maximum Gasteiger partial charge on any atom is 0.416 e. The summed E-state index contributed by atoms with van der Waals surface area (Å²) in [6, 6.07) is 8.22. The van der Waals surface area contributed by atoms with Crippen molar-refractivity contribution in [2.45, 2.75) is 36.4 Å². The molecular formula is C22H19BrF3NO5S. The van der Waals surface area contributed by atoms with Crippen LogP contribution in [0.4, 0.5) is 18.9 Å². The van der Waals surface area contributed by atoms with Crippen molar-refractivity contribution in [3.63, 3.8) is 0 Å². The number of allylic oxidation sites excluding steroid dienone is 2. The molecule has 2 aromatic rings. The number of carboxylic acids is 1. The van der Waals surface area contributed by atoms with Crippen LogP contribution in [-0.2, 0) is 21.0 Å². The van der Waals surface area contributed by atoms with E-state index in [-0.39, 0.29) is 37.2 Å². The van der Waals surface area contributed by atoms with Gasteiger partial charge in [0.25, 0.3) is 10.0 Å². The minimum absolute atomic E-state index is 0.0411. The van der Waals surface area contributed by atoms with Crippen LogP contribution in [0.5, 0.6) is 5.75 Å². The molecule has 1 N–H and O–H groups in total. The number of sulfonamides is 1. The van der Waals surface area contributed by atoms with Crippen molar-refractivity contribution in [1.29, 1.82) is 0 Å². The molecule has 4 rings (SSSR count).